The van der Waals surface area contributed by atoms with E-state index in [1.807, 2.05) is 23.7 Å². The van der Waals surface area contributed by atoms with Gasteiger partial charge in [-0.25, -0.2) is 0 Å². The van der Waals surface area contributed by atoms with Crippen molar-refractivity contribution in [1.82, 2.24) is 4.98 Å². The lowest BCUT2D eigenvalue weighted by Gasteiger charge is -2.38. The van der Waals surface area contributed by atoms with E-state index >= 15 is 0 Å². The van der Waals surface area contributed by atoms with Gasteiger partial charge in [-0.05, 0) is 114 Å². The first kappa shape index (κ1) is 29.2. The Hall–Kier alpha value is -5.37. The molecule has 7 aromatic rings. The van der Waals surface area contributed by atoms with Crippen molar-refractivity contribution in [3.8, 4) is 11.5 Å². The van der Waals surface area contributed by atoms with Gasteiger partial charge in [-0.2, -0.15) is 0 Å². The molecule has 5 aliphatic rings. The number of aromatic nitrogens is 1. The predicted octanol–water partition coefficient (Wildman–Crippen LogP) is 7.48. The Kier molecular flexibility index (Phi) is 5.95. The maximum Gasteiger partial charge on any atom is 0.303 e. The van der Waals surface area contributed by atoms with Gasteiger partial charge < -0.3 is 19.0 Å². The van der Waals surface area contributed by atoms with Gasteiger partial charge in [0.2, 0.25) is 0 Å². The first-order valence-corrected chi connectivity index (χ1v) is 19.5. The van der Waals surface area contributed by atoms with Crippen LogP contribution in [0.3, 0.4) is 0 Å². The molecule has 0 radical (unpaired) electrons. The summed E-state index contributed by atoms with van der Waals surface area (Å²) >= 11 is 3.75. The van der Waals surface area contributed by atoms with E-state index in [-0.39, 0.29) is 13.4 Å². The molecule has 52 heavy (non-hydrogen) atoms. The van der Waals surface area contributed by atoms with E-state index in [1.165, 1.54) is 48.2 Å². The summed E-state index contributed by atoms with van der Waals surface area (Å²) in [7, 11) is 0. The Morgan fingerprint density at radius 1 is 0.750 bits per heavy atom. The van der Waals surface area contributed by atoms with Gasteiger partial charge in [0.1, 0.15) is 11.4 Å². The molecule has 0 bridgehead atoms. The van der Waals surface area contributed by atoms with Gasteiger partial charge in [0.15, 0.2) is 5.75 Å². The molecule has 246 valence electrons. The highest BCUT2D eigenvalue weighted by molar-refractivity contribution is 8.00. The molecule has 0 saturated carbocycles. The van der Waals surface area contributed by atoms with E-state index < -0.39 is 0 Å². The van der Waals surface area contributed by atoms with Crippen molar-refractivity contribution in [2.24, 2.45) is 0 Å². The number of pyridine rings is 1. The number of benzene rings is 4. The van der Waals surface area contributed by atoms with Gasteiger partial charge in [-0.3, -0.25) is 4.98 Å². The van der Waals surface area contributed by atoms with E-state index in [0.29, 0.717) is 0 Å². The normalized spacial score (nSPS) is 15.2. The van der Waals surface area contributed by atoms with Gasteiger partial charge in [0, 0.05) is 56.1 Å². The summed E-state index contributed by atoms with van der Waals surface area (Å²) in [5.74, 6) is 1.73. The van der Waals surface area contributed by atoms with Crippen LogP contribution in [0.5, 0.6) is 11.5 Å². The highest BCUT2D eigenvalue weighted by Crippen LogP contribution is 2.50. The number of hydrogen-bond acceptors (Lipinski definition) is 7. The Morgan fingerprint density at radius 2 is 1.50 bits per heavy atom. The lowest BCUT2D eigenvalue weighted by Crippen LogP contribution is -2.60. The van der Waals surface area contributed by atoms with Crippen LogP contribution in [0.15, 0.2) is 124 Å². The molecule has 4 aliphatic heterocycles. The summed E-state index contributed by atoms with van der Waals surface area (Å²) in [6.07, 6.45) is 10.8. The molecule has 3 aromatic heterocycles. The third-order valence-corrected chi connectivity index (χ3v) is 13.6. The summed E-state index contributed by atoms with van der Waals surface area (Å²) in [6.45, 7) is 4.16. The highest BCUT2D eigenvalue weighted by Gasteiger charge is 2.52. The number of anilines is 6. The Bertz CT molecular complexity index is 2710. The number of para-hydroxylation sites is 2. The number of fused-ring (bicyclic) bond motifs is 11. The van der Waals surface area contributed by atoms with E-state index in [0.717, 1.165) is 74.1 Å². The number of hydrogen-bond donors (Lipinski definition) is 0. The molecular weight excluding hydrogens is 676 g/mol. The van der Waals surface area contributed by atoms with Gasteiger partial charge in [-0.15, -0.1) is 11.3 Å². The molecule has 0 spiro atoms. The van der Waals surface area contributed by atoms with Gasteiger partial charge in [-0.1, -0.05) is 60.3 Å². The fourth-order valence-electron chi connectivity index (χ4n) is 9.15. The zero-order valence-corrected chi connectivity index (χ0v) is 30.1. The second-order valence-electron chi connectivity index (χ2n) is 14.3. The molecular formula is C43H29B2N3O2S2. The SMILES string of the molecule is Cc1cc2c3c(c1)N(c1ccccc1)c1ccncc1B3c1oc3c(c1O2)Sc1cc(C)cc2c1B3c1c(sc3c1C=CCC3)N2c1ccccc1. The van der Waals surface area contributed by atoms with E-state index in [2.05, 4.69) is 127 Å². The summed E-state index contributed by atoms with van der Waals surface area (Å²) in [4.78, 5) is 13.4. The molecule has 1 aliphatic carbocycles. The third kappa shape index (κ3) is 3.85. The summed E-state index contributed by atoms with van der Waals surface area (Å²) < 4.78 is 14.5. The minimum absolute atomic E-state index is 0.0594. The fourth-order valence-corrected chi connectivity index (χ4v) is 11.8. The van der Waals surface area contributed by atoms with Gasteiger partial charge in [0.05, 0.1) is 15.6 Å². The van der Waals surface area contributed by atoms with Crippen LogP contribution in [0.25, 0.3) is 6.08 Å². The number of rotatable bonds is 2. The maximum absolute atomic E-state index is 7.41. The van der Waals surface area contributed by atoms with E-state index in [1.54, 1.807) is 11.8 Å². The second-order valence-corrected chi connectivity index (χ2v) is 16.5. The molecule has 4 aromatic carbocycles. The second kappa shape index (κ2) is 10.6. The smallest absolute Gasteiger partial charge is 0.303 e. The highest BCUT2D eigenvalue weighted by atomic mass is 32.2. The minimum atomic E-state index is -0.159. The van der Waals surface area contributed by atoms with Crippen molar-refractivity contribution in [2.45, 2.75) is 36.5 Å². The van der Waals surface area contributed by atoms with Crippen LogP contribution in [0.1, 0.15) is 28.0 Å². The Morgan fingerprint density at radius 3 is 2.31 bits per heavy atom. The third-order valence-electron chi connectivity index (χ3n) is 11.2. The summed E-state index contributed by atoms with van der Waals surface area (Å²) in [5.41, 5.74) is 16.3. The van der Waals surface area contributed by atoms with Crippen LogP contribution in [0.4, 0.5) is 33.4 Å². The number of thiophene rings is 1. The average Bonchev–Trinajstić information content (AvgIpc) is 3.73. The lowest BCUT2D eigenvalue weighted by molar-refractivity contribution is 0.471. The predicted molar refractivity (Wildman–Crippen MR) is 217 cm³/mol. The molecule has 0 unspecified atom stereocenters. The van der Waals surface area contributed by atoms with Crippen LogP contribution < -0.4 is 47.7 Å². The molecule has 9 heteroatoms. The molecule has 0 atom stereocenters. The topological polar surface area (TPSA) is 41.7 Å². The standard InChI is InChI=1S/C43H29B2N3O2S2/c1-24-19-31-37-33(21-24)49-39-40-42(50-41(39)44(37)29-23-46-18-17-30(29)47(31)26-11-5-3-6-12-26)45-36-28-15-9-10-16-34(28)52-43(36)48(27-13-7-4-8-14-27)32-20-25(2)22-35(51-40)38(32)45/h3-9,11-15,17-23H,10,16H2,1-2H3. The van der Waals surface area contributed by atoms with Crippen LogP contribution in [-0.2, 0) is 6.42 Å². The van der Waals surface area contributed by atoms with Crippen molar-refractivity contribution in [3.05, 3.63) is 131 Å². The molecule has 12 rings (SSSR count). The van der Waals surface area contributed by atoms with Crippen molar-refractivity contribution in [3.63, 3.8) is 0 Å². The molecule has 0 amide bonds. The largest absolute Gasteiger partial charge is 0.479 e. The van der Waals surface area contributed by atoms with Crippen LogP contribution >= 0.6 is 23.1 Å². The number of aryl methyl sites for hydroxylation is 3. The van der Waals surface area contributed by atoms with Gasteiger partial charge >= 0.3 is 6.71 Å². The zero-order chi connectivity index (χ0) is 34.2. The average molecular weight is 705 g/mol. The van der Waals surface area contributed by atoms with Crippen LogP contribution in [-0.4, -0.2) is 18.4 Å². The van der Waals surface area contributed by atoms with E-state index in [4.69, 9.17) is 14.1 Å². The number of nitrogens with zero attached hydrogens (tertiary/aromatic N) is 3. The molecule has 0 N–H and O–H groups in total. The monoisotopic (exact) mass is 705 g/mol. The van der Waals surface area contributed by atoms with Crippen molar-refractivity contribution >= 4 is 109 Å². The first-order valence-electron chi connectivity index (χ1n) is 17.9. The minimum Gasteiger partial charge on any atom is -0.479 e. The summed E-state index contributed by atoms with van der Waals surface area (Å²) in [6, 6.07) is 32.8. The van der Waals surface area contributed by atoms with Gasteiger partial charge in [0.25, 0.3) is 6.71 Å². The molecule has 0 saturated heterocycles. The van der Waals surface area contributed by atoms with E-state index in [9.17, 15) is 0 Å². The fraction of sp³-hybridized carbons (Fsp3) is 0.0930. The molecule has 7 heterocycles. The first-order chi connectivity index (χ1) is 25.6. The van der Waals surface area contributed by atoms with Crippen molar-refractivity contribution < 1.29 is 9.15 Å². The Balaban J connectivity index is 1.13. The molecule has 0 fully saturated rings. The Labute approximate surface area is 310 Å². The van der Waals surface area contributed by atoms with Crippen molar-refractivity contribution in [1.29, 1.82) is 0 Å². The summed E-state index contributed by atoms with van der Waals surface area (Å²) in [5, 5.41) is 1.29. The maximum atomic E-state index is 7.41. The number of ether oxygens (including phenoxy) is 1. The number of allylic oxidation sites excluding steroid dienone is 1. The molecule has 5 nitrogen and oxygen atoms in total. The quantitative estimate of drug-likeness (QED) is 0.174. The van der Waals surface area contributed by atoms with Crippen molar-refractivity contribution in [2.75, 3.05) is 9.80 Å². The van der Waals surface area contributed by atoms with Crippen LogP contribution in [0.2, 0.25) is 0 Å². The van der Waals surface area contributed by atoms with Crippen LogP contribution in [0, 0.1) is 13.8 Å². The zero-order valence-electron chi connectivity index (χ0n) is 28.5. The lowest BCUT2D eigenvalue weighted by atomic mass is 9.36. The number of furan rings is 1.